The third kappa shape index (κ3) is 3.60. The van der Waals surface area contributed by atoms with Gasteiger partial charge in [-0.05, 0) is 25.5 Å². The maximum atomic E-state index is 9.33. The van der Waals surface area contributed by atoms with Crippen LogP contribution in [0.2, 0.25) is 0 Å². The molecule has 1 N–H and O–H groups in total. The van der Waals surface area contributed by atoms with Crippen LogP contribution in [0.25, 0.3) is 10.9 Å². The van der Waals surface area contributed by atoms with Crippen LogP contribution in [-0.2, 0) is 17.9 Å². The van der Waals surface area contributed by atoms with Gasteiger partial charge in [-0.1, -0.05) is 48.5 Å². The Morgan fingerprint density at radius 1 is 1.04 bits per heavy atom. The van der Waals surface area contributed by atoms with Crippen molar-refractivity contribution >= 4 is 10.9 Å². The number of para-hydroxylation sites is 1. The van der Waals surface area contributed by atoms with Crippen molar-refractivity contribution in [3.63, 3.8) is 0 Å². The van der Waals surface area contributed by atoms with Gasteiger partial charge in [0.1, 0.15) is 0 Å². The first-order chi connectivity index (χ1) is 11.1. The molecule has 0 saturated carbocycles. The van der Waals surface area contributed by atoms with Crippen LogP contribution >= 0.6 is 0 Å². The molecule has 0 atom stereocenters. The summed E-state index contributed by atoms with van der Waals surface area (Å²) in [6.45, 7) is 4.84. The predicted octanol–water partition coefficient (Wildman–Crippen LogP) is 3.37. The summed E-state index contributed by atoms with van der Waals surface area (Å²) in [5.41, 5.74) is 2.64. The van der Waals surface area contributed by atoms with E-state index in [4.69, 9.17) is 9.84 Å². The summed E-state index contributed by atoms with van der Waals surface area (Å²) >= 11 is 0. The molecule has 0 bridgehead atoms. The van der Waals surface area contributed by atoms with E-state index in [0.717, 1.165) is 23.1 Å². The van der Waals surface area contributed by atoms with Gasteiger partial charge in [-0.3, -0.25) is 4.68 Å². The van der Waals surface area contributed by atoms with Gasteiger partial charge in [-0.25, -0.2) is 0 Å². The highest BCUT2D eigenvalue weighted by molar-refractivity contribution is 5.81. The maximum Gasteiger partial charge on any atom is 0.0960 e. The molecule has 0 spiro atoms. The van der Waals surface area contributed by atoms with Gasteiger partial charge in [-0.2, -0.15) is 5.10 Å². The van der Waals surface area contributed by atoms with Crippen molar-refractivity contribution in [2.24, 2.45) is 0 Å². The lowest BCUT2D eigenvalue weighted by atomic mass is 10.1. The molecule has 0 amide bonds. The summed E-state index contributed by atoms with van der Waals surface area (Å²) in [7, 11) is 0. The van der Waals surface area contributed by atoms with Crippen LogP contribution in [0.5, 0.6) is 0 Å². The molecular formula is C19H22N2O2. The molecule has 1 aromatic heterocycles. The van der Waals surface area contributed by atoms with Gasteiger partial charge in [0.05, 0.1) is 36.6 Å². The van der Waals surface area contributed by atoms with Crippen molar-refractivity contribution < 1.29 is 9.84 Å². The van der Waals surface area contributed by atoms with Crippen molar-refractivity contribution in [3.8, 4) is 0 Å². The van der Waals surface area contributed by atoms with E-state index in [1.165, 1.54) is 5.56 Å². The van der Waals surface area contributed by atoms with Gasteiger partial charge < -0.3 is 9.84 Å². The van der Waals surface area contributed by atoms with Gasteiger partial charge in [-0.15, -0.1) is 0 Å². The standard InChI is InChI=1S/C19H22N2O2/c1-19(2,14-22)23-13-17-16-10-6-7-11-18(16)21(20-17)12-15-8-4-3-5-9-15/h3-11,22H,12-14H2,1-2H3. The molecule has 4 nitrogen and oxygen atoms in total. The smallest absolute Gasteiger partial charge is 0.0960 e. The highest BCUT2D eigenvalue weighted by Gasteiger charge is 2.19. The molecule has 0 aliphatic carbocycles. The molecule has 3 aromatic rings. The monoisotopic (exact) mass is 310 g/mol. The third-order valence-electron chi connectivity index (χ3n) is 3.89. The summed E-state index contributed by atoms with van der Waals surface area (Å²) in [6.07, 6.45) is 0. The SMILES string of the molecule is CC(C)(CO)OCc1nn(Cc2ccccc2)c2ccccc12. The number of benzene rings is 2. The number of nitrogens with zero attached hydrogens (tertiary/aromatic N) is 2. The molecule has 2 aromatic carbocycles. The molecule has 0 unspecified atom stereocenters. The van der Waals surface area contributed by atoms with Crippen LogP contribution in [0.15, 0.2) is 54.6 Å². The van der Waals surface area contributed by atoms with Crippen molar-refractivity contribution in [1.29, 1.82) is 0 Å². The largest absolute Gasteiger partial charge is 0.393 e. The van der Waals surface area contributed by atoms with E-state index in [1.807, 2.05) is 48.9 Å². The van der Waals surface area contributed by atoms with Gasteiger partial charge in [0.15, 0.2) is 0 Å². The number of hydrogen-bond donors (Lipinski definition) is 1. The summed E-state index contributed by atoms with van der Waals surface area (Å²) in [5, 5.41) is 15.2. The summed E-state index contributed by atoms with van der Waals surface area (Å²) < 4.78 is 7.82. The molecule has 120 valence electrons. The number of aliphatic hydroxyl groups is 1. The van der Waals surface area contributed by atoms with Crippen molar-refractivity contribution in [3.05, 3.63) is 65.9 Å². The van der Waals surface area contributed by atoms with E-state index < -0.39 is 5.60 Å². The summed E-state index contributed by atoms with van der Waals surface area (Å²) in [5.74, 6) is 0. The van der Waals surface area contributed by atoms with Crippen molar-refractivity contribution in [2.75, 3.05) is 6.61 Å². The minimum absolute atomic E-state index is 0.0182. The number of aliphatic hydroxyl groups excluding tert-OH is 1. The Morgan fingerprint density at radius 3 is 2.48 bits per heavy atom. The molecule has 0 aliphatic heterocycles. The highest BCUT2D eigenvalue weighted by atomic mass is 16.5. The molecule has 3 rings (SSSR count). The Balaban J connectivity index is 1.90. The zero-order chi connectivity index (χ0) is 16.3. The summed E-state index contributed by atoms with van der Waals surface area (Å²) in [4.78, 5) is 0. The van der Waals surface area contributed by atoms with Crippen LogP contribution in [-0.4, -0.2) is 27.1 Å². The first kappa shape index (κ1) is 15.7. The summed E-state index contributed by atoms with van der Waals surface area (Å²) in [6, 6.07) is 18.5. The van der Waals surface area contributed by atoms with Crippen LogP contribution in [0, 0.1) is 0 Å². The zero-order valence-electron chi connectivity index (χ0n) is 13.6. The number of aromatic nitrogens is 2. The van der Waals surface area contributed by atoms with Gasteiger partial charge in [0.2, 0.25) is 0 Å². The lowest BCUT2D eigenvalue weighted by Gasteiger charge is -2.21. The molecule has 1 heterocycles. The first-order valence-electron chi connectivity index (χ1n) is 7.82. The number of rotatable bonds is 6. The molecule has 4 heteroatoms. The van der Waals surface area contributed by atoms with Crippen LogP contribution < -0.4 is 0 Å². The zero-order valence-corrected chi connectivity index (χ0v) is 13.6. The minimum Gasteiger partial charge on any atom is -0.393 e. The topological polar surface area (TPSA) is 47.3 Å². The van der Waals surface area contributed by atoms with Crippen LogP contribution in [0.1, 0.15) is 25.1 Å². The van der Waals surface area contributed by atoms with E-state index in [0.29, 0.717) is 6.61 Å². The predicted molar refractivity (Wildman–Crippen MR) is 91.2 cm³/mol. The Kier molecular flexibility index (Phi) is 4.46. The molecule has 0 fully saturated rings. The normalized spacial score (nSPS) is 12.0. The first-order valence-corrected chi connectivity index (χ1v) is 7.82. The maximum absolute atomic E-state index is 9.33. The fraction of sp³-hybridized carbons (Fsp3) is 0.316. The fourth-order valence-electron chi connectivity index (χ4n) is 2.49. The van der Waals surface area contributed by atoms with E-state index >= 15 is 0 Å². The third-order valence-corrected chi connectivity index (χ3v) is 3.89. The number of ether oxygens (including phenoxy) is 1. The second-order valence-corrected chi connectivity index (χ2v) is 6.31. The highest BCUT2D eigenvalue weighted by Crippen LogP contribution is 2.22. The molecule has 0 radical (unpaired) electrons. The second kappa shape index (κ2) is 6.52. The lowest BCUT2D eigenvalue weighted by molar-refractivity contribution is -0.0641. The average molecular weight is 310 g/mol. The molecule has 23 heavy (non-hydrogen) atoms. The van der Waals surface area contributed by atoms with E-state index in [1.54, 1.807) is 0 Å². The fourth-order valence-corrected chi connectivity index (χ4v) is 2.49. The molecular weight excluding hydrogens is 288 g/mol. The van der Waals surface area contributed by atoms with Crippen molar-refractivity contribution in [1.82, 2.24) is 9.78 Å². The Labute approximate surface area is 136 Å². The van der Waals surface area contributed by atoms with Gasteiger partial charge in [0.25, 0.3) is 0 Å². The van der Waals surface area contributed by atoms with Gasteiger partial charge >= 0.3 is 0 Å². The van der Waals surface area contributed by atoms with E-state index in [-0.39, 0.29) is 6.61 Å². The average Bonchev–Trinajstić information content (AvgIpc) is 2.92. The second-order valence-electron chi connectivity index (χ2n) is 6.31. The molecule has 0 saturated heterocycles. The molecule has 0 aliphatic rings. The Morgan fingerprint density at radius 2 is 1.74 bits per heavy atom. The minimum atomic E-state index is -0.565. The Hall–Kier alpha value is -2.17. The number of fused-ring (bicyclic) bond motifs is 1. The van der Waals surface area contributed by atoms with Crippen LogP contribution in [0.3, 0.4) is 0 Å². The number of hydrogen-bond acceptors (Lipinski definition) is 3. The Bertz CT molecular complexity index is 778. The van der Waals surface area contributed by atoms with E-state index in [2.05, 4.69) is 24.3 Å². The van der Waals surface area contributed by atoms with Crippen LogP contribution in [0.4, 0.5) is 0 Å². The quantitative estimate of drug-likeness (QED) is 0.759. The van der Waals surface area contributed by atoms with Gasteiger partial charge in [0, 0.05) is 5.39 Å². The lowest BCUT2D eigenvalue weighted by Crippen LogP contribution is -2.28. The van der Waals surface area contributed by atoms with Crippen molar-refractivity contribution in [2.45, 2.75) is 32.6 Å². The van der Waals surface area contributed by atoms with E-state index in [9.17, 15) is 5.11 Å².